The second-order valence-corrected chi connectivity index (χ2v) is 7.64. The molecule has 3 aromatic rings. The van der Waals surface area contributed by atoms with Gasteiger partial charge in [-0.25, -0.2) is 0 Å². The zero-order valence-corrected chi connectivity index (χ0v) is 17.2. The number of aliphatic hydroxyl groups is 1. The molecule has 3 atom stereocenters. The van der Waals surface area contributed by atoms with E-state index >= 15 is 0 Å². The monoisotopic (exact) mass is 404 g/mol. The molecule has 0 unspecified atom stereocenters. The number of rotatable bonds is 7. The Morgan fingerprint density at radius 2 is 1.27 bits per heavy atom. The van der Waals surface area contributed by atoms with Gasteiger partial charge < -0.3 is 19.3 Å². The number of ether oxygens (including phenoxy) is 3. The van der Waals surface area contributed by atoms with Crippen molar-refractivity contribution in [3.05, 3.63) is 108 Å². The lowest BCUT2D eigenvalue weighted by atomic mass is 9.80. The highest BCUT2D eigenvalue weighted by Gasteiger charge is 2.39. The minimum atomic E-state index is -0.794. The highest BCUT2D eigenvalue weighted by Crippen LogP contribution is 2.41. The molecule has 4 nitrogen and oxygen atoms in total. The second kappa shape index (κ2) is 9.54. The molecule has 0 bridgehead atoms. The van der Waals surface area contributed by atoms with Crippen molar-refractivity contribution in [2.75, 3.05) is 13.7 Å². The van der Waals surface area contributed by atoms with Crippen LogP contribution in [-0.2, 0) is 19.8 Å². The maximum absolute atomic E-state index is 10.2. The standard InChI is InChI=1S/C26H28O4/c1-28-25-18-23(27)17-24(30-25)19-29-26(20-11-5-2-6-12-20,21-13-7-3-8-14-21)22-15-9-4-10-16-22/h2-16,23-25,27H,17-19H2,1H3/t23-,24+,25+/m1/s1. The molecule has 156 valence electrons. The Morgan fingerprint density at radius 3 is 1.70 bits per heavy atom. The zero-order chi connectivity index (χ0) is 20.8. The molecule has 1 aliphatic heterocycles. The summed E-state index contributed by atoms with van der Waals surface area (Å²) in [6.07, 6.45) is -0.129. The van der Waals surface area contributed by atoms with Gasteiger partial charge in [-0.05, 0) is 16.7 Å². The minimum Gasteiger partial charge on any atom is -0.393 e. The van der Waals surface area contributed by atoms with E-state index in [0.717, 1.165) is 16.7 Å². The third-order valence-electron chi connectivity index (χ3n) is 5.63. The molecule has 4 rings (SSSR count). The quantitative estimate of drug-likeness (QED) is 0.589. The van der Waals surface area contributed by atoms with Gasteiger partial charge >= 0.3 is 0 Å². The van der Waals surface area contributed by atoms with E-state index in [2.05, 4.69) is 36.4 Å². The molecule has 1 aliphatic rings. The Hall–Kier alpha value is -2.50. The van der Waals surface area contributed by atoms with Gasteiger partial charge in [0.2, 0.25) is 0 Å². The van der Waals surface area contributed by atoms with Crippen LogP contribution in [0.5, 0.6) is 0 Å². The highest BCUT2D eigenvalue weighted by molar-refractivity contribution is 5.47. The van der Waals surface area contributed by atoms with Crippen molar-refractivity contribution in [1.29, 1.82) is 0 Å². The van der Waals surface area contributed by atoms with Crippen LogP contribution in [0, 0.1) is 0 Å². The van der Waals surface area contributed by atoms with Gasteiger partial charge in [-0.1, -0.05) is 91.0 Å². The lowest BCUT2D eigenvalue weighted by molar-refractivity contribution is -0.219. The fourth-order valence-electron chi connectivity index (χ4n) is 4.19. The van der Waals surface area contributed by atoms with Gasteiger partial charge in [-0.2, -0.15) is 0 Å². The Balaban J connectivity index is 1.75. The summed E-state index contributed by atoms with van der Waals surface area (Å²) in [6.45, 7) is 0.329. The van der Waals surface area contributed by atoms with Crippen LogP contribution in [0.3, 0.4) is 0 Å². The number of benzene rings is 3. The number of hydrogen-bond acceptors (Lipinski definition) is 4. The molecule has 0 radical (unpaired) electrons. The van der Waals surface area contributed by atoms with E-state index in [1.54, 1.807) is 7.11 Å². The molecule has 1 saturated heterocycles. The topological polar surface area (TPSA) is 47.9 Å². The van der Waals surface area contributed by atoms with Crippen molar-refractivity contribution in [2.24, 2.45) is 0 Å². The fraction of sp³-hybridized carbons (Fsp3) is 0.308. The number of aliphatic hydroxyl groups excluding tert-OH is 1. The average molecular weight is 405 g/mol. The third kappa shape index (κ3) is 4.32. The third-order valence-corrected chi connectivity index (χ3v) is 5.63. The summed E-state index contributed by atoms with van der Waals surface area (Å²) in [4.78, 5) is 0. The molecule has 1 heterocycles. The number of methoxy groups -OCH3 is 1. The van der Waals surface area contributed by atoms with E-state index in [4.69, 9.17) is 14.2 Å². The van der Waals surface area contributed by atoms with Crippen LogP contribution in [0.15, 0.2) is 91.0 Å². The fourth-order valence-corrected chi connectivity index (χ4v) is 4.19. The predicted octanol–water partition coefficient (Wildman–Crippen LogP) is 4.51. The van der Waals surface area contributed by atoms with Gasteiger partial charge in [0.05, 0.1) is 18.8 Å². The smallest absolute Gasteiger partial charge is 0.160 e. The minimum absolute atomic E-state index is 0.255. The Labute approximate surface area is 178 Å². The largest absolute Gasteiger partial charge is 0.393 e. The van der Waals surface area contributed by atoms with E-state index in [0.29, 0.717) is 19.4 Å². The van der Waals surface area contributed by atoms with Gasteiger partial charge in [-0.15, -0.1) is 0 Å². The lowest BCUT2D eigenvalue weighted by Gasteiger charge is -2.39. The van der Waals surface area contributed by atoms with E-state index in [9.17, 15) is 5.11 Å². The number of hydrogen-bond donors (Lipinski definition) is 1. The molecule has 4 heteroatoms. The van der Waals surface area contributed by atoms with Crippen LogP contribution in [0.25, 0.3) is 0 Å². The second-order valence-electron chi connectivity index (χ2n) is 7.64. The SMILES string of the molecule is CO[C@@H]1C[C@H](O)C[C@@H](COC(c2ccccc2)(c2ccccc2)c2ccccc2)O1. The normalized spacial score (nSPS) is 22.0. The Morgan fingerprint density at radius 1 is 0.800 bits per heavy atom. The van der Waals surface area contributed by atoms with E-state index in [1.165, 1.54) is 0 Å². The maximum Gasteiger partial charge on any atom is 0.160 e. The summed E-state index contributed by atoms with van der Waals surface area (Å²) < 4.78 is 18.1. The van der Waals surface area contributed by atoms with Gasteiger partial charge in [0.25, 0.3) is 0 Å². The molecule has 0 spiro atoms. The summed E-state index contributed by atoms with van der Waals surface area (Å²) in [5.74, 6) is 0. The molecular weight excluding hydrogens is 376 g/mol. The van der Waals surface area contributed by atoms with Gasteiger partial charge in [0.15, 0.2) is 6.29 Å². The highest BCUT2D eigenvalue weighted by atomic mass is 16.7. The predicted molar refractivity (Wildman–Crippen MR) is 116 cm³/mol. The first kappa shape index (κ1) is 20.8. The summed E-state index contributed by atoms with van der Waals surface area (Å²) >= 11 is 0. The summed E-state index contributed by atoms with van der Waals surface area (Å²) in [6, 6.07) is 30.7. The Bertz CT molecular complexity index is 801. The molecule has 3 aromatic carbocycles. The van der Waals surface area contributed by atoms with Gasteiger partial charge in [0, 0.05) is 20.0 Å². The maximum atomic E-state index is 10.2. The first-order chi connectivity index (χ1) is 14.7. The van der Waals surface area contributed by atoms with Crippen molar-refractivity contribution < 1.29 is 19.3 Å². The van der Waals surface area contributed by atoms with Crippen LogP contribution in [0.4, 0.5) is 0 Å². The molecule has 1 N–H and O–H groups in total. The van der Waals surface area contributed by atoms with Crippen LogP contribution in [0.2, 0.25) is 0 Å². The lowest BCUT2D eigenvalue weighted by Crippen LogP contribution is -2.42. The molecule has 1 fully saturated rings. The van der Waals surface area contributed by atoms with Gasteiger partial charge in [-0.3, -0.25) is 0 Å². The molecule has 30 heavy (non-hydrogen) atoms. The summed E-state index contributed by atoms with van der Waals surface area (Å²) in [7, 11) is 1.60. The molecule has 0 aliphatic carbocycles. The van der Waals surface area contributed by atoms with E-state index in [1.807, 2.05) is 54.6 Å². The van der Waals surface area contributed by atoms with Crippen LogP contribution >= 0.6 is 0 Å². The first-order valence-corrected chi connectivity index (χ1v) is 10.4. The van der Waals surface area contributed by atoms with Crippen LogP contribution < -0.4 is 0 Å². The van der Waals surface area contributed by atoms with Crippen molar-refractivity contribution >= 4 is 0 Å². The first-order valence-electron chi connectivity index (χ1n) is 10.4. The van der Waals surface area contributed by atoms with Crippen molar-refractivity contribution in [1.82, 2.24) is 0 Å². The van der Waals surface area contributed by atoms with Crippen molar-refractivity contribution in [3.8, 4) is 0 Å². The molecule has 0 aromatic heterocycles. The van der Waals surface area contributed by atoms with E-state index < -0.39 is 18.0 Å². The van der Waals surface area contributed by atoms with E-state index in [-0.39, 0.29) is 6.10 Å². The average Bonchev–Trinajstić information content (AvgIpc) is 2.81. The molecule has 0 saturated carbocycles. The molecular formula is C26H28O4. The molecule has 0 amide bonds. The van der Waals surface area contributed by atoms with Crippen LogP contribution in [0.1, 0.15) is 29.5 Å². The summed E-state index contributed by atoms with van der Waals surface area (Å²) in [5, 5.41) is 10.2. The zero-order valence-electron chi connectivity index (χ0n) is 17.2. The van der Waals surface area contributed by atoms with Crippen molar-refractivity contribution in [3.63, 3.8) is 0 Å². The van der Waals surface area contributed by atoms with Crippen LogP contribution in [-0.4, -0.2) is 37.3 Å². The Kier molecular flexibility index (Phi) is 6.60. The summed E-state index contributed by atoms with van der Waals surface area (Å²) in [5.41, 5.74) is 2.34. The van der Waals surface area contributed by atoms with Crippen molar-refractivity contribution in [2.45, 2.75) is 36.9 Å². The van der Waals surface area contributed by atoms with Gasteiger partial charge in [0.1, 0.15) is 5.60 Å².